The summed E-state index contributed by atoms with van der Waals surface area (Å²) in [5, 5.41) is 8.63. The Hall–Kier alpha value is -18.3. The van der Waals surface area contributed by atoms with Crippen LogP contribution in [0.5, 0.6) is 0 Å². The van der Waals surface area contributed by atoms with Gasteiger partial charge in [-0.25, -0.2) is 0 Å². The fourth-order valence-electron chi connectivity index (χ4n) is 22.6. The van der Waals surface area contributed by atoms with Gasteiger partial charge in [0.2, 0.25) is 0 Å². The molecular formula is C132H83BN4O2. The van der Waals surface area contributed by atoms with Gasteiger partial charge in [0.25, 0.3) is 6.71 Å². The van der Waals surface area contributed by atoms with Gasteiger partial charge in [-0.1, -0.05) is 352 Å². The van der Waals surface area contributed by atoms with E-state index in [1.54, 1.807) is 0 Å². The fraction of sp³-hybridized carbons (Fsp3) is 0. The predicted molar refractivity (Wildman–Crippen MR) is 583 cm³/mol. The van der Waals surface area contributed by atoms with Crippen LogP contribution in [0, 0.1) is 0 Å². The molecule has 0 saturated carbocycles. The van der Waals surface area contributed by atoms with Gasteiger partial charge < -0.3 is 27.8 Å². The first-order valence-corrected chi connectivity index (χ1v) is 47.8. The molecule has 2 aliphatic rings. The first-order chi connectivity index (χ1) is 68.9. The fourth-order valence-corrected chi connectivity index (χ4v) is 22.6. The molecule has 0 atom stereocenters. The van der Waals surface area contributed by atoms with E-state index in [0.29, 0.717) is 0 Å². The Balaban J connectivity index is 0.805. The van der Waals surface area contributed by atoms with Crippen LogP contribution < -0.4 is 26.2 Å². The normalized spacial score (nSPS) is 12.3. The van der Waals surface area contributed by atoms with Crippen LogP contribution >= 0.6 is 0 Å². The quantitative estimate of drug-likeness (QED) is 0.0960. The molecule has 2 aliphatic heterocycles. The molecule has 0 saturated heterocycles. The Bertz CT molecular complexity index is 8710. The van der Waals surface area contributed by atoms with Gasteiger partial charge >= 0.3 is 0 Å². The van der Waals surface area contributed by atoms with Crippen molar-refractivity contribution in [1.29, 1.82) is 0 Å². The first-order valence-electron chi connectivity index (χ1n) is 47.8. The second-order valence-electron chi connectivity index (χ2n) is 36.9. The number of para-hydroxylation sites is 2. The number of hydrogen-bond acceptors (Lipinski definition) is 4. The molecule has 7 heteroatoms. The van der Waals surface area contributed by atoms with E-state index in [-0.39, 0.29) is 0 Å². The zero-order valence-corrected chi connectivity index (χ0v) is 75.6. The van der Waals surface area contributed by atoms with E-state index in [1.807, 2.05) is 0 Å². The Morgan fingerprint density at radius 3 is 0.763 bits per heavy atom. The van der Waals surface area contributed by atoms with Gasteiger partial charge in [0.1, 0.15) is 22.3 Å². The first kappa shape index (κ1) is 79.3. The van der Waals surface area contributed by atoms with Crippen LogP contribution in [0.1, 0.15) is 0 Å². The second kappa shape index (κ2) is 32.2. The van der Waals surface area contributed by atoms with Gasteiger partial charge in [-0.2, -0.15) is 0 Å². The SMILES string of the molecule is c1ccc(-c2cc(-c3ccccc3)cc(-c3cc4c5c(c3)N(c3c(-c6cccc(-c7ccccc7)c6)ccc6oc7ccccc7c36)c3cc(-n6c7ccc(-c8ccccc8)cc7c7cc(-c8ccccc8)ccc76)ccc3B5c3ccc(-n5c6ccc(-c7ccccc7)cc6c6cc(-c7ccccc7)ccc65)cc3N4c3c(-c4cccc(-c5ccccc5)c4)ccc4oc5ccccc5c34)c2)cc1. The number of benzene rings is 22. The van der Waals surface area contributed by atoms with Gasteiger partial charge in [0.05, 0.1) is 44.2 Å². The summed E-state index contributed by atoms with van der Waals surface area (Å²) in [5.74, 6) is 0. The summed E-state index contributed by atoms with van der Waals surface area (Å²) in [6, 6.07) is 187. The van der Waals surface area contributed by atoms with Crippen LogP contribution in [0.3, 0.4) is 0 Å². The maximum atomic E-state index is 7.37. The molecule has 0 fully saturated rings. The lowest BCUT2D eigenvalue weighted by molar-refractivity contribution is 0.668. The smallest absolute Gasteiger partial charge is 0.252 e. The summed E-state index contributed by atoms with van der Waals surface area (Å²) < 4.78 is 19.8. The van der Waals surface area contributed by atoms with Crippen molar-refractivity contribution in [3.63, 3.8) is 0 Å². The number of furan rings is 2. The number of anilines is 6. The van der Waals surface area contributed by atoms with Crippen molar-refractivity contribution in [3.05, 3.63) is 504 Å². The zero-order valence-electron chi connectivity index (χ0n) is 75.6. The Kier molecular flexibility index (Phi) is 18.4. The highest BCUT2D eigenvalue weighted by Gasteiger charge is 2.47. The van der Waals surface area contributed by atoms with E-state index in [0.717, 1.165) is 272 Å². The third kappa shape index (κ3) is 13.1. The van der Waals surface area contributed by atoms with Crippen molar-refractivity contribution in [2.24, 2.45) is 0 Å². The van der Waals surface area contributed by atoms with Crippen molar-refractivity contribution in [1.82, 2.24) is 9.13 Å². The minimum absolute atomic E-state index is 0.439. The van der Waals surface area contributed by atoms with Crippen molar-refractivity contribution in [2.45, 2.75) is 0 Å². The maximum Gasteiger partial charge on any atom is 0.252 e. The lowest BCUT2D eigenvalue weighted by Crippen LogP contribution is -2.61. The molecule has 0 radical (unpaired) electrons. The van der Waals surface area contributed by atoms with Crippen LogP contribution in [-0.2, 0) is 0 Å². The van der Waals surface area contributed by atoms with E-state index >= 15 is 0 Å². The topological polar surface area (TPSA) is 42.6 Å². The molecule has 0 spiro atoms. The molecule has 4 aromatic heterocycles. The second-order valence-corrected chi connectivity index (χ2v) is 36.9. The standard InChI is InChI=1S/C132H83BN4O2/c1-9-31-84(32-10-1)92-47-29-49-98(71-92)106-61-69-126-128(108-51-25-27-53-124(108)138-126)131(106)136-120-82-104(134-116-65-55-94(86-35-13-3-14-36-86)76-110(116)111-77-95(56-66-117(111)134)87-37-15-4-16-38-87)59-63-114(120)133-115-64-60-105(135-118-67-57-96(88-39-17-5-18-40-88)78-112(118)113-79-97(58-68-119(113)135)89-41-19-6-20-42-89)83-121(115)137(123-81-103(80-122(136)130(123)133)102-74-100(90-43-21-7-22-44-90)73-101(75-102)91-45-23-8-24-46-91)132-107(62-70-127-129(132)109-52-26-28-54-125(109)139-127)99-50-30-48-93(72-99)85-33-11-2-12-34-85/h1-83H. The highest BCUT2D eigenvalue weighted by Crippen LogP contribution is 2.57. The average molecular weight is 1770 g/mol. The lowest BCUT2D eigenvalue weighted by atomic mass is 9.33. The van der Waals surface area contributed by atoms with E-state index < -0.39 is 6.71 Å². The number of aromatic nitrogens is 2. The summed E-state index contributed by atoms with van der Waals surface area (Å²) in [7, 11) is 0. The van der Waals surface area contributed by atoms with Gasteiger partial charge in [-0.05, 0) is 279 Å². The molecule has 646 valence electrons. The van der Waals surface area contributed by atoms with Crippen molar-refractivity contribution < 1.29 is 8.83 Å². The minimum Gasteiger partial charge on any atom is -0.456 e. The summed E-state index contributed by atoms with van der Waals surface area (Å²) in [6.45, 7) is -0.439. The summed E-state index contributed by atoms with van der Waals surface area (Å²) in [4.78, 5) is 5.39. The van der Waals surface area contributed by atoms with Gasteiger partial charge in [-0.15, -0.1) is 0 Å². The van der Waals surface area contributed by atoms with Crippen LogP contribution in [-0.4, -0.2) is 15.8 Å². The third-order valence-electron chi connectivity index (χ3n) is 29.0. The minimum atomic E-state index is -0.439. The van der Waals surface area contributed by atoms with E-state index in [4.69, 9.17) is 8.83 Å². The molecular weight excluding hydrogens is 1680 g/mol. The molecule has 0 aliphatic carbocycles. The number of nitrogens with zero attached hydrogens (tertiary/aromatic N) is 4. The largest absolute Gasteiger partial charge is 0.456 e. The molecule has 139 heavy (non-hydrogen) atoms. The molecule has 28 rings (SSSR count). The Labute approximate surface area is 804 Å². The molecule has 26 aromatic rings. The molecule has 0 unspecified atom stereocenters. The van der Waals surface area contributed by atoms with Crippen LogP contribution in [0.15, 0.2) is 512 Å². The average Bonchev–Trinajstić information content (AvgIpc) is 1.66. The van der Waals surface area contributed by atoms with Crippen molar-refractivity contribution in [2.75, 3.05) is 9.80 Å². The van der Waals surface area contributed by atoms with Crippen molar-refractivity contribution in [3.8, 4) is 134 Å². The number of fused-ring (bicyclic) bond motifs is 16. The van der Waals surface area contributed by atoms with Gasteiger partial charge in [0, 0.05) is 77.6 Å². The van der Waals surface area contributed by atoms with E-state index in [2.05, 4.69) is 522 Å². The highest BCUT2D eigenvalue weighted by molar-refractivity contribution is 7.00. The number of rotatable bonds is 15. The molecule has 22 aromatic carbocycles. The van der Waals surface area contributed by atoms with Crippen LogP contribution in [0.25, 0.3) is 221 Å². The summed E-state index contributed by atoms with van der Waals surface area (Å²) >= 11 is 0. The maximum absolute atomic E-state index is 7.37. The van der Waals surface area contributed by atoms with E-state index in [9.17, 15) is 0 Å². The monoisotopic (exact) mass is 1770 g/mol. The number of hydrogen-bond donors (Lipinski definition) is 0. The van der Waals surface area contributed by atoms with E-state index in [1.165, 1.54) is 0 Å². The summed E-state index contributed by atoms with van der Waals surface area (Å²) in [5.41, 5.74) is 43.3. The van der Waals surface area contributed by atoms with Gasteiger partial charge in [-0.3, -0.25) is 0 Å². The summed E-state index contributed by atoms with van der Waals surface area (Å²) in [6.07, 6.45) is 0. The molecule has 6 nitrogen and oxygen atoms in total. The van der Waals surface area contributed by atoms with Gasteiger partial charge in [0.15, 0.2) is 0 Å². The Morgan fingerprint density at radius 1 is 0.165 bits per heavy atom. The molecule has 0 N–H and O–H groups in total. The Morgan fingerprint density at radius 2 is 0.432 bits per heavy atom. The molecule has 6 heterocycles. The van der Waals surface area contributed by atoms with Crippen molar-refractivity contribution >= 4 is 145 Å². The third-order valence-corrected chi connectivity index (χ3v) is 29.0. The van der Waals surface area contributed by atoms with Crippen LogP contribution in [0.4, 0.5) is 34.1 Å². The lowest BCUT2D eigenvalue weighted by Gasteiger charge is -2.45. The molecule has 0 bridgehead atoms. The highest BCUT2D eigenvalue weighted by atomic mass is 16.3. The molecule has 0 amide bonds. The predicted octanol–water partition coefficient (Wildman–Crippen LogP) is 34.1. The zero-order chi connectivity index (χ0) is 91.3. The van der Waals surface area contributed by atoms with Crippen LogP contribution in [0.2, 0.25) is 0 Å².